The second-order valence-electron chi connectivity index (χ2n) is 3.99. The summed E-state index contributed by atoms with van der Waals surface area (Å²) in [6.07, 6.45) is 2.06. The van der Waals surface area contributed by atoms with Crippen molar-refractivity contribution in [3.63, 3.8) is 0 Å². The number of hydrogen-bond acceptors (Lipinski definition) is 1. The van der Waals surface area contributed by atoms with Crippen molar-refractivity contribution in [1.82, 2.24) is 0 Å². The maximum Gasteiger partial charge on any atom is 0.119 e. The summed E-state index contributed by atoms with van der Waals surface area (Å²) in [7, 11) is 0. The van der Waals surface area contributed by atoms with Gasteiger partial charge >= 0.3 is 0 Å². The van der Waals surface area contributed by atoms with Crippen LogP contribution >= 0.6 is 0 Å². The molecule has 16 heavy (non-hydrogen) atoms. The summed E-state index contributed by atoms with van der Waals surface area (Å²) in [6, 6.07) is 8.33. The highest BCUT2D eigenvalue weighted by atomic mass is 16.5. The summed E-state index contributed by atoms with van der Waals surface area (Å²) in [4.78, 5) is 0. The van der Waals surface area contributed by atoms with E-state index in [1.54, 1.807) is 0 Å². The van der Waals surface area contributed by atoms with Gasteiger partial charge in [-0.05, 0) is 37.5 Å². The van der Waals surface area contributed by atoms with E-state index in [1.807, 2.05) is 19.1 Å². The minimum atomic E-state index is 0.424. The number of ether oxygens (including phenoxy) is 1. The van der Waals surface area contributed by atoms with Crippen molar-refractivity contribution in [2.24, 2.45) is 5.92 Å². The van der Waals surface area contributed by atoms with Gasteiger partial charge in [0, 0.05) is 5.92 Å². The van der Waals surface area contributed by atoms with Crippen LogP contribution in [0.15, 0.2) is 24.3 Å². The second-order valence-corrected chi connectivity index (χ2v) is 3.99. The lowest BCUT2D eigenvalue weighted by molar-refractivity contribution is 0.317. The third-order valence-electron chi connectivity index (χ3n) is 2.33. The Morgan fingerprint density at radius 3 is 2.50 bits per heavy atom. The van der Waals surface area contributed by atoms with E-state index < -0.39 is 0 Å². The molecule has 1 aromatic rings. The predicted molar refractivity (Wildman–Crippen MR) is 68.5 cm³/mol. The van der Waals surface area contributed by atoms with Crippen LogP contribution in [0.25, 0.3) is 0 Å². The second kappa shape index (κ2) is 6.95. The molecule has 1 unspecified atom stereocenters. The first-order valence-electron chi connectivity index (χ1n) is 5.90. The van der Waals surface area contributed by atoms with Gasteiger partial charge in [-0.2, -0.15) is 0 Å². The molecule has 1 nitrogen and oxygen atoms in total. The molecule has 0 bridgehead atoms. The maximum absolute atomic E-state index is 5.53. The lowest BCUT2D eigenvalue weighted by atomic mass is 10.0. The Hall–Kier alpha value is -1.42. The van der Waals surface area contributed by atoms with Gasteiger partial charge in [-0.1, -0.05) is 26.0 Å². The van der Waals surface area contributed by atoms with E-state index in [0.717, 1.165) is 25.2 Å². The van der Waals surface area contributed by atoms with Crippen molar-refractivity contribution in [3.05, 3.63) is 29.8 Å². The molecule has 0 spiro atoms. The third-order valence-corrected chi connectivity index (χ3v) is 2.33. The zero-order chi connectivity index (χ0) is 11.8. The average molecular weight is 216 g/mol. The minimum absolute atomic E-state index is 0.424. The standard InChI is InChI=1S/C15H20O/c1-4-6-13(3)12-14-7-9-15(10-8-14)16-11-5-2/h7-10,13H,5,11-12H2,1-3H3. The molecule has 0 aromatic heterocycles. The Balaban J connectivity index is 2.53. The normalized spacial score (nSPS) is 11.4. The van der Waals surface area contributed by atoms with Gasteiger partial charge < -0.3 is 4.74 Å². The molecule has 0 aliphatic heterocycles. The molecule has 86 valence electrons. The minimum Gasteiger partial charge on any atom is -0.494 e. The highest BCUT2D eigenvalue weighted by molar-refractivity contribution is 5.28. The molecule has 0 N–H and O–H groups in total. The first-order valence-corrected chi connectivity index (χ1v) is 5.90. The smallest absolute Gasteiger partial charge is 0.119 e. The zero-order valence-corrected chi connectivity index (χ0v) is 10.4. The van der Waals surface area contributed by atoms with Gasteiger partial charge in [0.15, 0.2) is 0 Å². The summed E-state index contributed by atoms with van der Waals surface area (Å²) >= 11 is 0. The van der Waals surface area contributed by atoms with Crippen LogP contribution in [0.3, 0.4) is 0 Å². The van der Waals surface area contributed by atoms with E-state index in [2.05, 4.69) is 37.8 Å². The van der Waals surface area contributed by atoms with E-state index >= 15 is 0 Å². The largest absolute Gasteiger partial charge is 0.494 e. The molecule has 0 heterocycles. The molecule has 1 rings (SSSR count). The Bertz CT molecular complexity index is 353. The van der Waals surface area contributed by atoms with Crippen LogP contribution in [-0.4, -0.2) is 6.61 Å². The van der Waals surface area contributed by atoms with E-state index in [1.165, 1.54) is 5.56 Å². The maximum atomic E-state index is 5.53. The van der Waals surface area contributed by atoms with Gasteiger partial charge in [-0.15, -0.1) is 11.8 Å². The quantitative estimate of drug-likeness (QED) is 0.682. The topological polar surface area (TPSA) is 9.23 Å². The third kappa shape index (κ3) is 4.40. The Labute approximate surface area is 98.8 Å². The number of rotatable bonds is 5. The fraction of sp³-hybridized carbons (Fsp3) is 0.467. The van der Waals surface area contributed by atoms with E-state index in [-0.39, 0.29) is 0 Å². The van der Waals surface area contributed by atoms with Crippen LogP contribution in [-0.2, 0) is 6.42 Å². The molecule has 0 amide bonds. The molecular weight excluding hydrogens is 196 g/mol. The van der Waals surface area contributed by atoms with Gasteiger partial charge in [-0.3, -0.25) is 0 Å². The van der Waals surface area contributed by atoms with Gasteiger partial charge in [0.05, 0.1) is 6.61 Å². The molecule has 0 saturated heterocycles. The van der Waals surface area contributed by atoms with Crippen LogP contribution in [0.2, 0.25) is 0 Å². The summed E-state index contributed by atoms with van der Waals surface area (Å²) < 4.78 is 5.53. The predicted octanol–water partition coefficient (Wildman–Crippen LogP) is 3.68. The lowest BCUT2D eigenvalue weighted by Crippen LogP contribution is -1.98. The van der Waals surface area contributed by atoms with Crippen LogP contribution < -0.4 is 4.74 Å². The van der Waals surface area contributed by atoms with Gasteiger partial charge in [0.25, 0.3) is 0 Å². The van der Waals surface area contributed by atoms with Crippen LogP contribution in [0.4, 0.5) is 0 Å². The molecule has 1 heteroatoms. The van der Waals surface area contributed by atoms with Gasteiger partial charge in [0.1, 0.15) is 5.75 Å². The molecule has 0 aliphatic rings. The van der Waals surface area contributed by atoms with Crippen molar-refractivity contribution >= 4 is 0 Å². The molecule has 1 atom stereocenters. The van der Waals surface area contributed by atoms with Crippen molar-refractivity contribution in [1.29, 1.82) is 0 Å². The molecule has 0 saturated carbocycles. The Morgan fingerprint density at radius 1 is 1.25 bits per heavy atom. The van der Waals surface area contributed by atoms with Crippen LogP contribution in [0.1, 0.15) is 32.8 Å². The Kier molecular flexibility index (Phi) is 5.50. The summed E-state index contributed by atoms with van der Waals surface area (Å²) in [5.74, 6) is 7.50. The monoisotopic (exact) mass is 216 g/mol. The van der Waals surface area contributed by atoms with Crippen molar-refractivity contribution in [2.75, 3.05) is 6.61 Å². The first-order chi connectivity index (χ1) is 7.76. The molecule has 0 fully saturated rings. The van der Waals surface area contributed by atoms with Gasteiger partial charge in [0.2, 0.25) is 0 Å². The van der Waals surface area contributed by atoms with Gasteiger partial charge in [-0.25, -0.2) is 0 Å². The fourth-order valence-corrected chi connectivity index (χ4v) is 1.59. The van der Waals surface area contributed by atoms with Crippen molar-refractivity contribution in [3.8, 4) is 17.6 Å². The van der Waals surface area contributed by atoms with Crippen LogP contribution in [0, 0.1) is 17.8 Å². The lowest BCUT2D eigenvalue weighted by Gasteiger charge is -2.07. The van der Waals surface area contributed by atoms with E-state index in [9.17, 15) is 0 Å². The SMILES string of the molecule is CC#CC(C)Cc1ccc(OCCC)cc1. The Morgan fingerprint density at radius 2 is 1.94 bits per heavy atom. The van der Waals surface area contributed by atoms with Crippen molar-refractivity contribution in [2.45, 2.75) is 33.6 Å². The molecule has 0 aliphatic carbocycles. The summed E-state index contributed by atoms with van der Waals surface area (Å²) in [5, 5.41) is 0. The first kappa shape index (κ1) is 12.6. The molecular formula is C15H20O. The summed E-state index contributed by atoms with van der Waals surface area (Å²) in [5.41, 5.74) is 1.32. The van der Waals surface area contributed by atoms with E-state index in [0.29, 0.717) is 5.92 Å². The highest BCUT2D eigenvalue weighted by Crippen LogP contribution is 2.15. The average Bonchev–Trinajstić information content (AvgIpc) is 2.28. The fourth-order valence-electron chi connectivity index (χ4n) is 1.59. The van der Waals surface area contributed by atoms with E-state index in [4.69, 9.17) is 4.74 Å². The van der Waals surface area contributed by atoms with Crippen molar-refractivity contribution < 1.29 is 4.74 Å². The molecule has 1 aromatic carbocycles. The summed E-state index contributed by atoms with van der Waals surface area (Å²) in [6.45, 7) is 6.94. The zero-order valence-electron chi connectivity index (χ0n) is 10.4. The number of hydrogen-bond donors (Lipinski definition) is 0. The van der Waals surface area contributed by atoms with Crippen LogP contribution in [0.5, 0.6) is 5.75 Å². The molecule has 0 radical (unpaired) electrons. The number of benzene rings is 1. The highest BCUT2D eigenvalue weighted by Gasteiger charge is 2.00.